The Morgan fingerprint density at radius 3 is 2.56 bits per heavy atom. The maximum Gasteiger partial charge on any atom is 0.343 e. The number of phenolic OH excluding ortho intramolecular Hbond substituents is 1. The Bertz CT molecular complexity index is 1900. The number of nitrogens with zero attached hydrogens (tertiary/aromatic N) is 5. The highest BCUT2D eigenvalue weighted by Crippen LogP contribution is 2.39. The fraction of sp³-hybridized carbons (Fsp3) is 0.290. The number of fused-ring (bicyclic) bond motifs is 2. The number of phenols is 1. The molecule has 12 heteroatoms. The van der Waals surface area contributed by atoms with Gasteiger partial charge in [-0.1, -0.05) is 30.7 Å². The summed E-state index contributed by atoms with van der Waals surface area (Å²) in [6, 6.07) is 11.3. The van der Waals surface area contributed by atoms with E-state index in [-0.39, 0.29) is 36.4 Å². The van der Waals surface area contributed by atoms with E-state index in [1.165, 1.54) is 37.7 Å². The monoisotopic (exact) mass is 624 g/mol. The largest absolute Gasteiger partial charge is 0.508 e. The molecule has 9 nitrogen and oxygen atoms in total. The molecule has 0 spiro atoms. The molecule has 1 unspecified atom stereocenters. The number of nitrogens with two attached hydrogens (primary N) is 1. The van der Waals surface area contributed by atoms with Gasteiger partial charge < -0.3 is 15.3 Å². The lowest BCUT2D eigenvalue weighted by Crippen LogP contribution is -2.42. The predicted molar refractivity (Wildman–Crippen MR) is 169 cm³/mol. The minimum Gasteiger partial charge on any atom is -0.508 e. The smallest absolute Gasteiger partial charge is 0.343 e. The molecular weight excluding hydrogens is 594 g/mol. The van der Waals surface area contributed by atoms with Crippen molar-refractivity contribution in [3.63, 3.8) is 0 Å². The van der Waals surface area contributed by atoms with Crippen molar-refractivity contribution >= 4 is 58.0 Å². The Kier molecular flexibility index (Phi) is 8.47. The second kappa shape index (κ2) is 11.9. The van der Waals surface area contributed by atoms with Crippen molar-refractivity contribution in [2.24, 2.45) is 0 Å². The molecule has 0 saturated heterocycles. The summed E-state index contributed by atoms with van der Waals surface area (Å²) in [5.41, 5.74) is 8.90. The fourth-order valence-corrected chi connectivity index (χ4v) is 6.13. The first-order valence-corrected chi connectivity index (χ1v) is 13.9. The number of aromatic nitrogens is 4. The van der Waals surface area contributed by atoms with Gasteiger partial charge in [0, 0.05) is 36.3 Å². The highest BCUT2D eigenvalue weighted by molar-refractivity contribution is 5.99. The van der Waals surface area contributed by atoms with Crippen molar-refractivity contribution in [3.8, 4) is 17.0 Å². The highest BCUT2D eigenvalue weighted by atomic mass is 35.5. The molecule has 1 atom stereocenters. The van der Waals surface area contributed by atoms with Crippen LogP contribution in [0.2, 0.25) is 0 Å². The van der Waals surface area contributed by atoms with Gasteiger partial charge in [0.05, 0.1) is 10.8 Å². The maximum atomic E-state index is 14.3. The van der Waals surface area contributed by atoms with Crippen molar-refractivity contribution in [2.75, 3.05) is 18.8 Å². The standard InChI is InChI=1S/C31H29FN6O3.2ClH/c1-17(38-30-26(29(33)34-16-35-30)27(36-38)19-13-20(32)15-22(39)14-19)28-25(23-7-2-3-8-24(23)31(40)41-28)18-9-11-37(12-10-18)21-5-4-6-21;;/h2-3,7-9,13-17,21,39H,4-6,10-12H2,1H3,(H2,33,34,35);2*1H. The lowest BCUT2D eigenvalue weighted by atomic mass is 9.88. The molecule has 43 heavy (non-hydrogen) atoms. The van der Waals surface area contributed by atoms with Crippen LogP contribution in [0.25, 0.3) is 38.6 Å². The van der Waals surface area contributed by atoms with Crippen LogP contribution in [-0.4, -0.2) is 48.9 Å². The molecule has 2 aromatic carbocycles. The maximum absolute atomic E-state index is 14.3. The minimum absolute atomic E-state index is 0. The lowest BCUT2D eigenvalue weighted by molar-refractivity contribution is 0.141. The summed E-state index contributed by atoms with van der Waals surface area (Å²) >= 11 is 0. The molecule has 2 aliphatic rings. The number of rotatable bonds is 5. The van der Waals surface area contributed by atoms with Gasteiger partial charge in [0.25, 0.3) is 0 Å². The van der Waals surface area contributed by atoms with Crippen molar-refractivity contribution < 1.29 is 13.9 Å². The Labute approximate surface area is 259 Å². The summed E-state index contributed by atoms with van der Waals surface area (Å²) < 4.78 is 22.0. The van der Waals surface area contributed by atoms with Gasteiger partial charge in [0.1, 0.15) is 41.2 Å². The van der Waals surface area contributed by atoms with E-state index in [9.17, 15) is 14.3 Å². The van der Waals surface area contributed by atoms with Gasteiger partial charge in [-0.05, 0) is 55.3 Å². The zero-order chi connectivity index (χ0) is 28.2. The third-order valence-electron chi connectivity index (χ3n) is 8.44. The van der Waals surface area contributed by atoms with E-state index in [4.69, 9.17) is 15.2 Å². The summed E-state index contributed by atoms with van der Waals surface area (Å²) in [5, 5.41) is 16.6. The average Bonchev–Trinajstić information content (AvgIpc) is 3.33. The van der Waals surface area contributed by atoms with Crippen LogP contribution in [0, 0.1) is 5.82 Å². The molecule has 1 fully saturated rings. The van der Waals surface area contributed by atoms with Gasteiger partial charge in [0.15, 0.2) is 5.65 Å². The van der Waals surface area contributed by atoms with Gasteiger partial charge >= 0.3 is 5.63 Å². The van der Waals surface area contributed by atoms with Crippen LogP contribution in [0.15, 0.2) is 64.1 Å². The quantitative estimate of drug-likeness (QED) is 0.240. The molecule has 0 amide bonds. The van der Waals surface area contributed by atoms with E-state index in [0.29, 0.717) is 39.5 Å². The zero-order valence-corrected chi connectivity index (χ0v) is 25.0. The number of hydrogen-bond donors (Lipinski definition) is 2. The van der Waals surface area contributed by atoms with Crippen molar-refractivity contribution in [3.05, 3.63) is 82.4 Å². The predicted octanol–water partition coefficient (Wildman–Crippen LogP) is 6.12. The molecule has 7 rings (SSSR count). The molecule has 3 N–H and O–H groups in total. The van der Waals surface area contributed by atoms with Gasteiger partial charge in [-0.25, -0.2) is 23.8 Å². The molecule has 1 aliphatic carbocycles. The Hall–Kier alpha value is -3.99. The van der Waals surface area contributed by atoms with E-state index >= 15 is 0 Å². The van der Waals surface area contributed by atoms with Crippen LogP contribution in [0.4, 0.5) is 10.2 Å². The van der Waals surface area contributed by atoms with Gasteiger partial charge in [-0.15, -0.1) is 24.8 Å². The Morgan fingerprint density at radius 1 is 1.12 bits per heavy atom. The molecule has 1 saturated carbocycles. The number of nitrogen functional groups attached to an aromatic ring is 1. The molecule has 5 aromatic rings. The van der Waals surface area contributed by atoms with E-state index in [1.807, 2.05) is 25.1 Å². The van der Waals surface area contributed by atoms with Crippen molar-refractivity contribution in [1.82, 2.24) is 24.6 Å². The lowest BCUT2D eigenvalue weighted by Gasteiger charge is -2.39. The van der Waals surface area contributed by atoms with Crippen LogP contribution in [0.1, 0.15) is 50.0 Å². The molecule has 4 heterocycles. The van der Waals surface area contributed by atoms with Crippen LogP contribution < -0.4 is 11.4 Å². The van der Waals surface area contributed by atoms with Crippen LogP contribution in [0.5, 0.6) is 5.75 Å². The molecule has 0 radical (unpaired) electrons. The second-order valence-corrected chi connectivity index (χ2v) is 10.9. The number of hydrogen-bond acceptors (Lipinski definition) is 8. The number of halogens is 3. The normalized spacial score (nSPS) is 16.3. The first-order chi connectivity index (χ1) is 19.9. The number of aromatic hydroxyl groups is 1. The van der Waals surface area contributed by atoms with E-state index in [1.54, 1.807) is 10.7 Å². The summed E-state index contributed by atoms with van der Waals surface area (Å²) in [6.45, 7) is 3.68. The van der Waals surface area contributed by atoms with Crippen LogP contribution in [-0.2, 0) is 0 Å². The van der Waals surface area contributed by atoms with E-state index < -0.39 is 17.5 Å². The second-order valence-electron chi connectivity index (χ2n) is 10.9. The third-order valence-corrected chi connectivity index (χ3v) is 8.44. The topological polar surface area (TPSA) is 123 Å². The summed E-state index contributed by atoms with van der Waals surface area (Å²) in [4.78, 5) is 24.4. The van der Waals surface area contributed by atoms with Gasteiger partial charge in [0.2, 0.25) is 0 Å². The molecule has 3 aromatic heterocycles. The van der Waals surface area contributed by atoms with Gasteiger partial charge in [-0.3, -0.25) is 4.90 Å². The first-order valence-electron chi connectivity index (χ1n) is 13.9. The average molecular weight is 626 g/mol. The first kappa shape index (κ1) is 30.5. The Balaban J connectivity index is 0.00000184. The SMILES string of the molecule is CC(c1oc(=O)c2ccccc2c1C1=CCN(C2CCC2)CC1)n1nc(-c2cc(O)cc(F)c2)c2c(N)ncnc21.Cl.Cl. The highest BCUT2D eigenvalue weighted by Gasteiger charge is 2.30. The molecular formula is C31H31Cl2FN6O3. The third kappa shape index (κ3) is 5.24. The Morgan fingerprint density at radius 2 is 1.88 bits per heavy atom. The van der Waals surface area contributed by atoms with E-state index in [0.717, 1.165) is 42.1 Å². The van der Waals surface area contributed by atoms with Crippen LogP contribution in [0.3, 0.4) is 0 Å². The summed E-state index contributed by atoms with van der Waals surface area (Å²) in [7, 11) is 0. The molecule has 1 aliphatic heterocycles. The van der Waals surface area contributed by atoms with Crippen molar-refractivity contribution in [1.29, 1.82) is 0 Å². The fourth-order valence-electron chi connectivity index (χ4n) is 6.13. The number of benzene rings is 2. The number of anilines is 1. The van der Waals surface area contributed by atoms with Gasteiger partial charge in [-0.2, -0.15) is 5.10 Å². The molecule has 0 bridgehead atoms. The summed E-state index contributed by atoms with van der Waals surface area (Å²) in [6.07, 6.45) is 8.20. The van der Waals surface area contributed by atoms with Crippen LogP contribution >= 0.6 is 24.8 Å². The molecule has 224 valence electrons. The minimum atomic E-state index is -0.617. The van der Waals surface area contributed by atoms with Crippen molar-refractivity contribution in [2.45, 2.75) is 44.7 Å². The summed E-state index contributed by atoms with van der Waals surface area (Å²) in [5.74, 6) is -0.228. The van der Waals surface area contributed by atoms with E-state index in [2.05, 4.69) is 20.9 Å². The zero-order valence-electron chi connectivity index (χ0n) is 23.4.